The zero-order valence-corrected chi connectivity index (χ0v) is 15.7. The zero-order chi connectivity index (χ0) is 19.0. The number of nitrogen functional groups attached to an aromatic ring is 1. The molecule has 1 aliphatic carbocycles. The number of carbonyl (C=O) groups excluding carboxylic acids is 1. The molecule has 0 saturated heterocycles. The highest BCUT2D eigenvalue weighted by Crippen LogP contribution is 2.36. The number of nitrogens with two attached hydrogens (primary N) is 1. The summed E-state index contributed by atoms with van der Waals surface area (Å²) in [5, 5.41) is 12.0. The first-order valence-corrected chi connectivity index (χ1v) is 9.33. The van der Waals surface area contributed by atoms with Crippen LogP contribution in [0.25, 0.3) is 0 Å². The van der Waals surface area contributed by atoms with Gasteiger partial charge in [0.05, 0.1) is 11.8 Å². The zero-order valence-electron chi connectivity index (χ0n) is 14.9. The van der Waals surface area contributed by atoms with Crippen LogP contribution < -0.4 is 17.0 Å². The summed E-state index contributed by atoms with van der Waals surface area (Å²) < 4.78 is 3.89. The topological polar surface area (TPSA) is 131 Å². The quantitative estimate of drug-likeness (QED) is 0.529. The maximum Gasteiger partial charge on any atom is 0.332 e. The molecule has 2 aromatic heterocycles. The van der Waals surface area contributed by atoms with E-state index in [9.17, 15) is 14.4 Å². The number of hydrogen-bond acceptors (Lipinski definition) is 8. The van der Waals surface area contributed by atoms with Gasteiger partial charge in [0.15, 0.2) is 5.78 Å². The molecule has 0 spiro atoms. The van der Waals surface area contributed by atoms with Crippen LogP contribution in [0, 0.1) is 5.92 Å². The summed E-state index contributed by atoms with van der Waals surface area (Å²) in [6.07, 6.45) is 2.03. The van der Waals surface area contributed by atoms with Crippen LogP contribution in [0.15, 0.2) is 14.7 Å². The molecule has 0 radical (unpaired) electrons. The van der Waals surface area contributed by atoms with Gasteiger partial charge in [-0.1, -0.05) is 25.6 Å². The Morgan fingerprint density at radius 1 is 1.35 bits per heavy atom. The van der Waals surface area contributed by atoms with Crippen molar-refractivity contribution < 1.29 is 4.79 Å². The molecule has 10 nitrogen and oxygen atoms in total. The summed E-state index contributed by atoms with van der Waals surface area (Å²) in [7, 11) is 1.35. The predicted molar refractivity (Wildman–Crippen MR) is 96.3 cm³/mol. The molecule has 0 unspecified atom stereocenters. The molecule has 1 saturated carbocycles. The molecule has 0 atom stereocenters. The van der Waals surface area contributed by atoms with Gasteiger partial charge in [0, 0.05) is 13.6 Å². The lowest BCUT2D eigenvalue weighted by molar-refractivity contribution is 0.102. The number of hydrogen-bond donors (Lipinski definition) is 1. The number of tetrazole rings is 1. The molecule has 2 aromatic rings. The third kappa shape index (κ3) is 3.43. The van der Waals surface area contributed by atoms with Gasteiger partial charge in [0.25, 0.3) is 5.56 Å². The van der Waals surface area contributed by atoms with E-state index < -0.39 is 17.0 Å². The van der Waals surface area contributed by atoms with Gasteiger partial charge in [-0.3, -0.25) is 18.7 Å². The van der Waals surface area contributed by atoms with E-state index >= 15 is 0 Å². The van der Waals surface area contributed by atoms with Gasteiger partial charge in [0.1, 0.15) is 11.4 Å². The maximum absolute atomic E-state index is 12.7. The van der Waals surface area contributed by atoms with Gasteiger partial charge in [-0.15, -0.1) is 5.10 Å². The molecule has 0 aromatic carbocycles. The Morgan fingerprint density at radius 2 is 2.04 bits per heavy atom. The molecular weight excluding hydrogens is 358 g/mol. The van der Waals surface area contributed by atoms with Crippen molar-refractivity contribution in [2.24, 2.45) is 13.0 Å². The second-order valence-electron chi connectivity index (χ2n) is 6.76. The average Bonchev–Trinajstić information content (AvgIpc) is 3.33. The largest absolute Gasteiger partial charge is 0.384 e. The Hall–Kier alpha value is -2.43. The minimum Gasteiger partial charge on any atom is -0.384 e. The van der Waals surface area contributed by atoms with Crippen molar-refractivity contribution in [2.45, 2.75) is 44.4 Å². The van der Waals surface area contributed by atoms with Crippen LogP contribution in [0.1, 0.15) is 43.1 Å². The number of aromatic nitrogens is 6. The van der Waals surface area contributed by atoms with Gasteiger partial charge in [0.2, 0.25) is 5.16 Å². The van der Waals surface area contributed by atoms with Crippen LogP contribution in [0.3, 0.4) is 0 Å². The molecule has 2 heterocycles. The van der Waals surface area contributed by atoms with E-state index in [0.29, 0.717) is 11.7 Å². The molecule has 2 N–H and O–H groups in total. The summed E-state index contributed by atoms with van der Waals surface area (Å²) in [6, 6.07) is 0.286. The van der Waals surface area contributed by atoms with Gasteiger partial charge in [-0.05, 0) is 29.2 Å². The van der Waals surface area contributed by atoms with E-state index in [2.05, 4.69) is 15.5 Å². The first-order valence-electron chi connectivity index (χ1n) is 8.34. The molecule has 0 amide bonds. The molecule has 0 aliphatic heterocycles. The van der Waals surface area contributed by atoms with Crippen LogP contribution in [0.2, 0.25) is 0 Å². The third-order valence-electron chi connectivity index (χ3n) is 4.10. The number of ketones is 1. The lowest BCUT2D eigenvalue weighted by Crippen LogP contribution is -2.43. The van der Waals surface area contributed by atoms with E-state index in [1.165, 1.54) is 11.6 Å². The second-order valence-corrected chi connectivity index (χ2v) is 7.70. The molecule has 0 bridgehead atoms. The first kappa shape index (κ1) is 18.4. The Morgan fingerprint density at radius 3 is 2.65 bits per heavy atom. The van der Waals surface area contributed by atoms with Gasteiger partial charge >= 0.3 is 5.69 Å². The fourth-order valence-electron chi connectivity index (χ4n) is 2.62. The fraction of sp³-hybridized carbons (Fsp3) is 0.600. The van der Waals surface area contributed by atoms with Crippen molar-refractivity contribution in [1.29, 1.82) is 0 Å². The van der Waals surface area contributed by atoms with E-state index in [1.807, 2.05) is 13.8 Å². The Kier molecular flexibility index (Phi) is 4.99. The number of anilines is 1. The van der Waals surface area contributed by atoms with Crippen LogP contribution in [-0.4, -0.2) is 40.9 Å². The van der Waals surface area contributed by atoms with Crippen LogP contribution in [-0.2, 0) is 13.6 Å². The predicted octanol–water partition coefficient (Wildman–Crippen LogP) is 0.0816. The Labute approximate surface area is 153 Å². The van der Waals surface area contributed by atoms with Crippen molar-refractivity contribution in [1.82, 2.24) is 29.3 Å². The molecule has 11 heteroatoms. The van der Waals surface area contributed by atoms with E-state index in [-0.39, 0.29) is 29.1 Å². The first-order chi connectivity index (χ1) is 12.3. The van der Waals surface area contributed by atoms with Crippen molar-refractivity contribution >= 4 is 23.4 Å². The van der Waals surface area contributed by atoms with Crippen molar-refractivity contribution in [3.05, 3.63) is 26.4 Å². The SMILES string of the molecule is CC(C)Cn1c(N)c(C(=O)CSc2nnnn2C2CC2)c(=O)n(C)c1=O. The van der Waals surface area contributed by atoms with Crippen molar-refractivity contribution in [3.8, 4) is 0 Å². The number of thioether (sulfide) groups is 1. The molecular formula is C15H21N7O3S. The minimum absolute atomic E-state index is 0.0353. The third-order valence-corrected chi connectivity index (χ3v) is 5.03. The van der Waals surface area contributed by atoms with Gasteiger partial charge < -0.3 is 5.73 Å². The Balaban J connectivity index is 1.88. The van der Waals surface area contributed by atoms with Crippen molar-refractivity contribution in [2.75, 3.05) is 11.5 Å². The second kappa shape index (κ2) is 7.06. The van der Waals surface area contributed by atoms with E-state index in [4.69, 9.17) is 5.73 Å². The highest BCUT2D eigenvalue weighted by molar-refractivity contribution is 7.99. The van der Waals surface area contributed by atoms with E-state index in [0.717, 1.165) is 29.2 Å². The molecule has 140 valence electrons. The number of Topliss-reactive ketones (excluding diaryl/α,β-unsaturated/α-hetero) is 1. The van der Waals surface area contributed by atoms with Crippen molar-refractivity contribution in [3.63, 3.8) is 0 Å². The molecule has 3 rings (SSSR count). The van der Waals surface area contributed by atoms with Crippen LogP contribution in [0.5, 0.6) is 0 Å². The van der Waals surface area contributed by atoms with Crippen LogP contribution in [0.4, 0.5) is 5.82 Å². The number of rotatable bonds is 7. The summed E-state index contributed by atoms with van der Waals surface area (Å²) in [4.78, 5) is 37.4. The fourth-order valence-corrected chi connectivity index (χ4v) is 3.43. The smallest absolute Gasteiger partial charge is 0.332 e. The highest BCUT2D eigenvalue weighted by Gasteiger charge is 2.29. The number of nitrogens with zero attached hydrogens (tertiary/aromatic N) is 6. The summed E-state index contributed by atoms with van der Waals surface area (Å²) >= 11 is 1.16. The molecule has 1 aliphatic rings. The van der Waals surface area contributed by atoms with Gasteiger partial charge in [-0.25, -0.2) is 9.48 Å². The lowest BCUT2D eigenvalue weighted by atomic mass is 10.2. The standard InChI is InChI=1S/C15H21N7O3S/c1-8(2)6-21-12(16)11(13(24)20(3)15(21)25)10(23)7-26-14-17-18-19-22(14)9-4-5-9/h8-9H,4-7,16H2,1-3H3. The summed E-state index contributed by atoms with van der Waals surface area (Å²) in [5.41, 5.74) is 4.65. The number of carbonyl (C=O) groups is 1. The monoisotopic (exact) mass is 379 g/mol. The molecule has 1 fully saturated rings. The summed E-state index contributed by atoms with van der Waals surface area (Å²) in [6.45, 7) is 4.17. The Bertz CT molecular complexity index is 955. The van der Waals surface area contributed by atoms with Crippen LogP contribution >= 0.6 is 11.8 Å². The molecule has 26 heavy (non-hydrogen) atoms. The highest BCUT2D eigenvalue weighted by atomic mass is 32.2. The average molecular weight is 379 g/mol. The lowest BCUT2D eigenvalue weighted by Gasteiger charge is -2.16. The minimum atomic E-state index is -0.681. The summed E-state index contributed by atoms with van der Waals surface area (Å²) in [5.74, 6) is -0.435. The van der Waals surface area contributed by atoms with E-state index in [1.54, 1.807) is 4.68 Å². The van der Waals surface area contributed by atoms with Gasteiger partial charge in [-0.2, -0.15) is 0 Å². The normalized spacial score (nSPS) is 14.2. The maximum atomic E-state index is 12.7.